The number of nitrogens with zero attached hydrogens (tertiary/aromatic N) is 4. The molecule has 150 valence electrons. The summed E-state index contributed by atoms with van der Waals surface area (Å²) in [6, 6.07) is 12.1. The zero-order valence-electron chi connectivity index (χ0n) is 15.8. The third-order valence-corrected chi connectivity index (χ3v) is 3.98. The first kappa shape index (κ1) is 20.1. The summed E-state index contributed by atoms with van der Waals surface area (Å²) in [5, 5.41) is 14.5. The molecule has 8 nitrogen and oxygen atoms in total. The normalized spacial score (nSPS) is 10.6. The van der Waals surface area contributed by atoms with Gasteiger partial charge in [0.2, 0.25) is 11.7 Å². The van der Waals surface area contributed by atoms with Gasteiger partial charge in [0.15, 0.2) is 0 Å². The number of halogens is 1. The second kappa shape index (κ2) is 9.54. The Labute approximate surface area is 166 Å². The first-order valence-corrected chi connectivity index (χ1v) is 9.16. The molecule has 0 unspecified atom stereocenters. The zero-order chi connectivity index (χ0) is 20.6. The Morgan fingerprint density at radius 1 is 1.10 bits per heavy atom. The highest BCUT2D eigenvalue weighted by Gasteiger charge is 2.11. The fourth-order valence-corrected chi connectivity index (χ4v) is 2.44. The lowest BCUT2D eigenvalue weighted by Gasteiger charge is -2.06. The van der Waals surface area contributed by atoms with Crippen molar-refractivity contribution in [2.24, 2.45) is 0 Å². The van der Waals surface area contributed by atoms with Crippen LogP contribution < -0.4 is 5.32 Å². The molecule has 0 aliphatic carbocycles. The highest BCUT2D eigenvalue weighted by atomic mass is 19.1. The predicted octanol–water partition coefficient (Wildman–Crippen LogP) is 3.07. The van der Waals surface area contributed by atoms with Gasteiger partial charge in [-0.3, -0.25) is 4.79 Å². The molecule has 0 aliphatic rings. The van der Waals surface area contributed by atoms with E-state index in [9.17, 15) is 14.0 Å². The number of amides is 1. The lowest BCUT2D eigenvalue weighted by molar-refractivity contribution is -0.117. The van der Waals surface area contributed by atoms with Gasteiger partial charge in [0.25, 0.3) is 0 Å². The molecular formula is C20H20FN5O3. The Hall–Kier alpha value is -3.62. The molecule has 1 N–H and O–H groups in total. The molecule has 0 saturated carbocycles. The molecule has 1 amide bonds. The molecule has 1 aromatic heterocycles. The maximum atomic E-state index is 13.0. The molecule has 3 rings (SSSR count). The van der Waals surface area contributed by atoms with Crippen molar-refractivity contribution in [3.63, 3.8) is 0 Å². The van der Waals surface area contributed by atoms with Gasteiger partial charge in [-0.25, -0.2) is 9.18 Å². The van der Waals surface area contributed by atoms with Gasteiger partial charge < -0.3 is 10.1 Å². The molecule has 1 heterocycles. The topological polar surface area (TPSA) is 99.0 Å². The summed E-state index contributed by atoms with van der Waals surface area (Å²) in [5.41, 5.74) is 1.54. The summed E-state index contributed by atoms with van der Waals surface area (Å²) < 4.78 is 18.1. The number of hydrogen-bond donors (Lipinski definition) is 1. The van der Waals surface area contributed by atoms with E-state index in [1.165, 1.54) is 24.3 Å². The maximum absolute atomic E-state index is 13.0. The smallest absolute Gasteiger partial charge is 0.338 e. The first-order chi connectivity index (χ1) is 14.0. The molecular weight excluding hydrogens is 377 g/mol. The maximum Gasteiger partial charge on any atom is 0.338 e. The number of benzene rings is 2. The number of nitrogens with one attached hydrogen (secondary N) is 1. The Balaban J connectivity index is 1.54. The van der Waals surface area contributed by atoms with Crippen LogP contribution in [0, 0.1) is 5.82 Å². The van der Waals surface area contributed by atoms with E-state index in [1.807, 2.05) is 6.92 Å². The average Bonchev–Trinajstić information content (AvgIpc) is 3.17. The van der Waals surface area contributed by atoms with Crippen molar-refractivity contribution in [1.82, 2.24) is 20.2 Å². The van der Waals surface area contributed by atoms with Crippen LogP contribution in [0.1, 0.15) is 30.1 Å². The fraction of sp³-hybridized carbons (Fsp3) is 0.250. The van der Waals surface area contributed by atoms with Gasteiger partial charge in [-0.15, -0.1) is 10.2 Å². The molecule has 0 saturated heterocycles. The molecule has 3 aromatic rings. The Bertz CT molecular complexity index is 971. The van der Waals surface area contributed by atoms with Gasteiger partial charge in [0.05, 0.1) is 12.2 Å². The number of tetrazole rings is 1. The van der Waals surface area contributed by atoms with Gasteiger partial charge in [0.1, 0.15) is 12.4 Å². The van der Waals surface area contributed by atoms with Crippen molar-refractivity contribution >= 4 is 17.6 Å². The monoisotopic (exact) mass is 397 g/mol. The van der Waals surface area contributed by atoms with E-state index in [-0.39, 0.29) is 18.3 Å². The lowest BCUT2D eigenvalue weighted by Crippen LogP contribution is -2.20. The predicted molar refractivity (Wildman–Crippen MR) is 103 cm³/mol. The molecule has 9 heteroatoms. The summed E-state index contributed by atoms with van der Waals surface area (Å²) in [4.78, 5) is 25.2. The Morgan fingerprint density at radius 3 is 2.52 bits per heavy atom. The third kappa shape index (κ3) is 5.68. The van der Waals surface area contributed by atoms with Crippen LogP contribution in [0.5, 0.6) is 0 Å². The minimum atomic E-state index is -0.392. The quantitative estimate of drug-likeness (QED) is 0.463. The summed E-state index contributed by atoms with van der Waals surface area (Å²) in [7, 11) is 0. The molecule has 0 bridgehead atoms. The van der Waals surface area contributed by atoms with Crippen molar-refractivity contribution in [3.8, 4) is 11.4 Å². The number of anilines is 1. The molecule has 0 spiro atoms. The molecule has 29 heavy (non-hydrogen) atoms. The van der Waals surface area contributed by atoms with Crippen LogP contribution in [0.4, 0.5) is 10.1 Å². The number of carbonyl (C=O) groups is 2. The van der Waals surface area contributed by atoms with E-state index < -0.39 is 5.97 Å². The SMILES string of the molecule is CCCCOC(=O)c1ccc(NC(=O)Cn2nnc(-c3ccc(F)cc3)n2)cc1. The van der Waals surface area contributed by atoms with Crippen LogP contribution >= 0.6 is 0 Å². The van der Waals surface area contributed by atoms with E-state index in [0.717, 1.165) is 17.6 Å². The minimum Gasteiger partial charge on any atom is -0.462 e. The average molecular weight is 397 g/mol. The molecule has 0 atom stereocenters. The summed E-state index contributed by atoms with van der Waals surface area (Å²) in [5.74, 6) is -0.813. The number of hydrogen-bond acceptors (Lipinski definition) is 6. The van der Waals surface area contributed by atoms with Gasteiger partial charge in [0, 0.05) is 11.3 Å². The van der Waals surface area contributed by atoms with Crippen molar-refractivity contribution in [3.05, 3.63) is 59.9 Å². The van der Waals surface area contributed by atoms with E-state index in [1.54, 1.807) is 24.3 Å². The Kier molecular flexibility index (Phi) is 6.62. The van der Waals surface area contributed by atoms with Crippen molar-refractivity contribution in [1.29, 1.82) is 0 Å². The Morgan fingerprint density at radius 2 is 1.83 bits per heavy atom. The van der Waals surface area contributed by atoms with Crippen LogP contribution in [0.2, 0.25) is 0 Å². The molecule has 0 fully saturated rings. The molecule has 0 aliphatic heterocycles. The van der Waals surface area contributed by atoms with Crippen LogP contribution in [0.25, 0.3) is 11.4 Å². The van der Waals surface area contributed by atoms with Gasteiger partial charge in [-0.2, -0.15) is 4.80 Å². The van der Waals surface area contributed by atoms with Gasteiger partial charge in [-0.05, 0) is 60.2 Å². The number of aromatic nitrogens is 4. The van der Waals surface area contributed by atoms with Crippen molar-refractivity contribution in [2.75, 3.05) is 11.9 Å². The van der Waals surface area contributed by atoms with E-state index in [2.05, 4.69) is 20.7 Å². The number of unbranched alkanes of at least 4 members (excludes halogenated alkanes) is 1. The third-order valence-electron chi connectivity index (χ3n) is 3.98. The standard InChI is InChI=1S/C20H20FN5O3/c1-2-3-12-29-20(28)15-6-10-17(11-7-15)22-18(27)13-26-24-19(23-25-26)14-4-8-16(21)9-5-14/h4-11H,2-3,12-13H2,1H3,(H,22,27). The summed E-state index contributed by atoms with van der Waals surface area (Å²) >= 11 is 0. The van der Waals surface area contributed by atoms with Crippen molar-refractivity contribution < 1.29 is 18.7 Å². The van der Waals surface area contributed by atoms with Gasteiger partial charge in [-0.1, -0.05) is 13.3 Å². The summed E-state index contributed by atoms with van der Waals surface area (Å²) in [6.07, 6.45) is 1.77. The number of rotatable bonds is 8. The van der Waals surface area contributed by atoms with E-state index in [0.29, 0.717) is 29.2 Å². The van der Waals surface area contributed by atoms with Crippen LogP contribution in [-0.2, 0) is 16.1 Å². The number of ether oxygens (including phenoxy) is 1. The number of carbonyl (C=O) groups excluding carboxylic acids is 2. The number of esters is 1. The second-order valence-corrected chi connectivity index (χ2v) is 6.27. The van der Waals surface area contributed by atoms with E-state index >= 15 is 0 Å². The van der Waals surface area contributed by atoms with Gasteiger partial charge >= 0.3 is 5.97 Å². The largest absolute Gasteiger partial charge is 0.462 e. The summed E-state index contributed by atoms with van der Waals surface area (Å²) in [6.45, 7) is 2.26. The first-order valence-electron chi connectivity index (χ1n) is 9.16. The minimum absolute atomic E-state index is 0.144. The fourth-order valence-electron chi connectivity index (χ4n) is 2.44. The molecule has 0 radical (unpaired) electrons. The zero-order valence-corrected chi connectivity index (χ0v) is 15.8. The van der Waals surface area contributed by atoms with Crippen LogP contribution in [0.15, 0.2) is 48.5 Å². The van der Waals surface area contributed by atoms with Crippen LogP contribution in [0.3, 0.4) is 0 Å². The second-order valence-electron chi connectivity index (χ2n) is 6.27. The highest BCUT2D eigenvalue weighted by Crippen LogP contribution is 2.14. The van der Waals surface area contributed by atoms with E-state index in [4.69, 9.17) is 4.74 Å². The van der Waals surface area contributed by atoms with Crippen LogP contribution in [-0.4, -0.2) is 38.7 Å². The molecule has 2 aromatic carbocycles. The lowest BCUT2D eigenvalue weighted by atomic mass is 10.2. The highest BCUT2D eigenvalue weighted by molar-refractivity contribution is 5.92. The van der Waals surface area contributed by atoms with Crippen molar-refractivity contribution in [2.45, 2.75) is 26.3 Å².